The molecule has 2 aromatic rings. The number of benzene rings is 1. The molecule has 5 nitrogen and oxygen atoms in total. The molecular formula is C15H23Cl2N3O2. The van der Waals surface area contributed by atoms with Crippen molar-refractivity contribution in [2.45, 2.75) is 19.5 Å². The zero-order valence-corrected chi connectivity index (χ0v) is 14.5. The van der Waals surface area contributed by atoms with Gasteiger partial charge in [-0.2, -0.15) is 0 Å². The fourth-order valence-corrected chi connectivity index (χ4v) is 2.12. The average molecular weight is 348 g/mol. The quantitative estimate of drug-likeness (QED) is 0.746. The number of aryl methyl sites for hydroxylation is 1. The molecule has 0 bridgehead atoms. The van der Waals surface area contributed by atoms with E-state index in [4.69, 9.17) is 9.47 Å². The minimum absolute atomic E-state index is 0. The van der Waals surface area contributed by atoms with Crippen LogP contribution >= 0.6 is 24.8 Å². The van der Waals surface area contributed by atoms with Crippen LogP contribution in [0.15, 0.2) is 36.9 Å². The number of methoxy groups -OCH3 is 2. The Labute approximate surface area is 143 Å². The highest BCUT2D eigenvalue weighted by atomic mass is 35.5. The maximum absolute atomic E-state index is 5.41. The van der Waals surface area contributed by atoms with Gasteiger partial charge < -0.3 is 19.4 Å². The van der Waals surface area contributed by atoms with Crippen LogP contribution in [-0.2, 0) is 13.1 Å². The van der Waals surface area contributed by atoms with Crippen molar-refractivity contribution in [3.63, 3.8) is 0 Å². The van der Waals surface area contributed by atoms with Gasteiger partial charge in [-0.15, -0.1) is 24.8 Å². The lowest BCUT2D eigenvalue weighted by molar-refractivity contribution is 0.350. The van der Waals surface area contributed by atoms with Crippen LogP contribution in [-0.4, -0.2) is 30.3 Å². The molecule has 2 rings (SSSR count). The molecule has 0 unspecified atom stereocenters. The van der Waals surface area contributed by atoms with E-state index in [0.29, 0.717) is 0 Å². The van der Waals surface area contributed by atoms with Gasteiger partial charge in [0.2, 0.25) is 0 Å². The number of imidazole rings is 1. The Bertz CT molecular complexity index is 522. The first-order valence-electron chi connectivity index (χ1n) is 6.71. The van der Waals surface area contributed by atoms with E-state index in [1.807, 2.05) is 30.7 Å². The topological polar surface area (TPSA) is 48.3 Å². The summed E-state index contributed by atoms with van der Waals surface area (Å²) in [5.74, 6) is 1.57. The molecule has 0 fully saturated rings. The van der Waals surface area contributed by atoms with E-state index in [1.54, 1.807) is 20.4 Å². The minimum atomic E-state index is 0. The summed E-state index contributed by atoms with van der Waals surface area (Å²) < 4.78 is 12.8. The molecule has 124 valence electrons. The zero-order chi connectivity index (χ0) is 14.2. The van der Waals surface area contributed by atoms with Crippen molar-refractivity contribution in [1.29, 1.82) is 0 Å². The van der Waals surface area contributed by atoms with E-state index in [1.165, 1.54) is 0 Å². The van der Waals surface area contributed by atoms with E-state index >= 15 is 0 Å². The molecule has 1 heterocycles. The number of halogens is 2. The van der Waals surface area contributed by atoms with Crippen LogP contribution in [0.5, 0.6) is 11.5 Å². The summed E-state index contributed by atoms with van der Waals surface area (Å²) >= 11 is 0. The van der Waals surface area contributed by atoms with Crippen molar-refractivity contribution in [1.82, 2.24) is 14.9 Å². The van der Waals surface area contributed by atoms with Crippen LogP contribution in [0.25, 0.3) is 0 Å². The first-order valence-corrected chi connectivity index (χ1v) is 6.71. The van der Waals surface area contributed by atoms with Crippen LogP contribution in [0.4, 0.5) is 0 Å². The lowest BCUT2D eigenvalue weighted by atomic mass is 10.2. The first kappa shape index (κ1) is 20.6. The highest BCUT2D eigenvalue weighted by Gasteiger charge is 2.08. The van der Waals surface area contributed by atoms with Gasteiger partial charge in [-0.05, 0) is 19.0 Å². The Morgan fingerprint density at radius 3 is 2.64 bits per heavy atom. The monoisotopic (exact) mass is 347 g/mol. The second-order valence-electron chi connectivity index (χ2n) is 4.48. The number of nitrogens with zero attached hydrogens (tertiary/aromatic N) is 2. The van der Waals surface area contributed by atoms with Gasteiger partial charge in [0, 0.05) is 31.0 Å². The summed E-state index contributed by atoms with van der Waals surface area (Å²) in [5.41, 5.74) is 1.11. The van der Waals surface area contributed by atoms with Crippen LogP contribution in [0, 0.1) is 0 Å². The van der Waals surface area contributed by atoms with Crippen LogP contribution < -0.4 is 14.8 Å². The highest BCUT2D eigenvalue weighted by molar-refractivity contribution is 5.85. The standard InChI is InChI=1S/C15H21N3O2.2ClH/c1-19-14-6-3-5-13(15(14)20-2)11-16-7-4-9-18-10-8-17-12-18;;/h3,5-6,8,10,12,16H,4,7,9,11H2,1-2H3;2*1H. The number of rotatable bonds is 8. The molecule has 0 spiro atoms. The maximum atomic E-state index is 5.41. The summed E-state index contributed by atoms with van der Waals surface area (Å²) in [5, 5.41) is 3.42. The van der Waals surface area contributed by atoms with Gasteiger partial charge in [0.05, 0.1) is 20.5 Å². The van der Waals surface area contributed by atoms with E-state index in [2.05, 4.69) is 14.9 Å². The molecule has 1 aromatic carbocycles. The minimum Gasteiger partial charge on any atom is -0.493 e. The molecule has 0 atom stereocenters. The smallest absolute Gasteiger partial charge is 0.165 e. The van der Waals surface area contributed by atoms with Crippen molar-refractivity contribution in [2.75, 3.05) is 20.8 Å². The second-order valence-corrected chi connectivity index (χ2v) is 4.48. The Morgan fingerprint density at radius 1 is 1.18 bits per heavy atom. The first-order chi connectivity index (χ1) is 9.85. The van der Waals surface area contributed by atoms with Crippen molar-refractivity contribution in [3.8, 4) is 11.5 Å². The largest absolute Gasteiger partial charge is 0.493 e. The predicted molar refractivity (Wildman–Crippen MR) is 92.6 cm³/mol. The summed E-state index contributed by atoms with van der Waals surface area (Å²) in [6.07, 6.45) is 6.67. The van der Waals surface area contributed by atoms with Gasteiger partial charge in [0.15, 0.2) is 11.5 Å². The molecule has 0 saturated carbocycles. The second kappa shape index (κ2) is 11.2. The number of para-hydroxylation sites is 1. The number of nitrogens with one attached hydrogen (secondary N) is 1. The van der Waals surface area contributed by atoms with Crippen LogP contribution in [0.1, 0.15) is 12.0 Å². The third-order valence-corrected chi connectivity index (χ3v) is 3.13. The third kappa shape index (κ3) is 5.75. The maximum Gasteiger partial charge on any atom is 0.165 e. The van der Waals surface area contributed by atoms with Gasteiger partial charge in [0.1, 0.15) is 0 Å². The Kier molecular flexibility index (Phi) is 10.5. The van der Waals surface area contributed by atoms with Gasteiger partial charge in [-0.3, -0.25) is 0 Å². The fraction of sp³-hybridized carbons (Fsp3) is 0.400. The molecule has 0 amide bonds. The van der Waals surface area contributed by atoms with Gasteiger partial charge >= 0.3 is 0 Å². The van der Waals surface area contributed by atoms with Crippen molar-refractivity contribution < 1.29 is 9.47 Å². The number of hydrogen-bond acceptors (Lipinski definition) is 4. The Hall–Kier alpha value is -1.43. The summed E-state index contributed by atoms with van der Waals surface area (Å²) in [4.78, 5) is 4.02. The van der Waals surface area contributed by atoms with Gasteiger partial charge in [-0.25, -0.2) is 4.98 Å². The van der Waals surface area contributed by atoms with Crippen LogP contribution in [0.2, 0.25) is 0 Å². The average Bonchev–Trinajstić information content (AvgIpc) is 2.99. The molecule has 0 aliphatic rings. The van der Waals surface area contributed by atoms with Crippen molar-refractivity contribution in [2.24, 2.45) is 0 Å². The van der Waals surface area contributed by atoms with Crippen LogP contribution in [0.3, 0.4) is 0 Å². The molecule has 0 saturated heterocycles. The lowest BCUT2D eigenvalue weighted by Crippen LogP contribution is -2.17. The number of aromatic nitrogens is 2. The molecule has 0 aliphatic heterocycles. The molecule has 1 N–H and O–H groups in total. The molecule has 0 aliphatic carbocycles. The van der Waals surface area contributed by atoms with Gasteiger partial charge in [0.25, 0.3) is 0 Å². The summed E-state index contributed by atoms with van der Waals surface area (Å²) in [7, 11) is 3.32. The fourth-order valence-electron chi connectivity index (χ4n) is 2.12. The Morgan fingerprint density at radius 2 is 2.00 bits per heavy atom. The molecular weight excluding hydrogens is 325 g/mol. The SMILES string of the molecule is COc1cccc(CNCCCn2ccnc2)c1OC.Cl.Cl. The molecule has 7 heteroatoms. The van der Waals surface area contributed by atoms with Gasteiger partial charge in [-0.1, -0.05) is 12.1 Å². The van der Waals surface area contributed by atoms with E-state index in [0.717, 1.165) is 43.1 Å². The van der Waals surface area contributed by atoms with E-state index in [9.17, 15) is 0 Å². The zero-order valence-electron chi connectivity index (χ0n) is 12.8. The Balaban J connectivity index is 0.00000220. The number of ether oxygens (including phenoxy) is 2. The third-order valence-electron chi connectivity index (χ3n) is 3.13. The molecule has 0 radical (unpaired) electrons. The predicted octanol–water partition coefficient (Wildman–Crippen LogP) is 2.92. The lowest BCUT2D eigenvalue weighted by Gasteiger charge is -2.13. The highest BCUT2D eigenvalue weighted by Crippen LogP contribution is 2.30. The molecule has 22 heavy (non-hydrogen) atoms. The summed E-state index contributed by atoms with van der Waals surface area (Å²) in [6, 6.07) is 5.93. The molecule has 1 aromatic heterocycles. The van der Waals surface area contributed by atoms with Crippen molar-refractivity contribution >= 4 is 24.8 Å². The van der Waals surface area contributed by atoms with E-state index < -0.39 is 0 Å². The number of hydrogen-bond donors (Lipinski definition) is 1. The summed E-state index contributed by atoms with van der Waals surface area (Å²) in [6.45, 7) is 2.69. The normalized spacial score (nSPS) is 9.55. The van der Waals surface area contributed by atoms with Crippen molar-refractivity contribution in [3.05, 3.63) is 42.5 Å². The van der Waals surface area contributed by atoms with E-state index in [-0.39, 0.29) is 24.8 Å².